The normalized spacial score (nSPS) is 10.3. The molecule has 2 aromatic carbocycles. The number of nitrogens with one attached hydrogen (secondary N) is 1. The molecule has 6 heteroatoms. The van der Waals surface area contributed by atoms with E-state index < -0.39 is 17.3 Å². The molecule has 0 heterocycles. The molecule has 0 amide bonds. The number of aromatic hydroxyl groups is 1. The molecular formula is C14H11ClFNO3. The van der Waals surface area contributed by atoms with Crippen LogP contribution in [0.2, 0.25) is 5.02 Å². The zero-order chi connectivity index (χ0) is 14.7. The first-order valence-electron chi connectivity index (χ1n) is 5.71. The van der Waals surface area contributed by atoms with Crippen LogP contribution < -0.4 is 5.32 Å². The molecule has 0 saturated heterocycles. The monoisotopic (exact) mass is 295 g/mol. The van der Waals surface area contributed by atoms with E-state index in [0.717, 1.165) is 11.6 Å². The Balaban J connectivity index is 2.12. The summed E-state index contributed by atoms with van der Waals surface area (Å²) in [4.78, 5) is 10.8. The van der Waals surface area contributed by atoms with Gasteiger partial charge in [-0.2, -0.15) is 0 Å². The number of carboxylic acids is 1. The van der Waals surface area contributed by atoms with Crippen molar-refractivity contribution in [3.63, 3.8) is 0 Å². The van der Waals surface area contributed by atoms with Gasteiger partial charge in [-0.3, -0.25) is 0 Å². The minimum absolute atomic E-state index is 0.00892. The number of carboxylic acid groups (broad SMARTS) is 1. The quantitative estimate of drug-likeness (QED) is 0.807. The van der Waals surface area contributed by atoms with Gasteiger partial charge in [0.05, 0.1) is 10.6 Å². The van der Waals surface area contributed by atoms with Crippen molar-refractivity contribution in [1.29, 1.82) is 0 Å². The molecular weight excluding hydrogens is 285 g/mol. The van der Waals surface area contributed by atoms with Crippen molar-refractivity contribution < 1.29 is 19.4 Å². The minimum Gasteiger partial charge on any atom is -0.506 e. The van der Waals surface area contributed by atoms with E-state index in [2.05, 4.69) is 5.32 Å². The highest BCUT2D eigenvalue weighted by atomic mass is 35.5. The zero-order valence-corrected chi connectivity index (χ0v) is 11.0. The van der Waals surface area contributed by atoms with Crippen LogP contribution in [0.3, 0.4) is 0 Å². The molecule has 0 fully saturated rings. The van der Waals surface area contributed by atoms with E-state index in [1.807, 2.05) is 0 Å². The van der Waals surface area contributed by atoms with Crippen LogP contribution in [0.5, 0.6) is 5.75 Å². The molecule has 4 nitrogen and oxygen atoms in total. The number of phenols is 1. The van der Waals surface area contributed by atoms with Crippen molar-refractivity contribution in [1.82, 2.24) is 0 Å². The van der Waals surface area contributed by atoms with Gasteiger partial charge in [0.1, 0.15) is 11.6 Å². The Morgan fingerprint density at radius 3 is 2.65 bits per heavy atom. The molecule has 0 bridgehead atoms. The number of phenolic OH excluding ortho intramolecular Hbond substituents is 1. The summed E-state index contributed by atoms with van der Waals surface area (Å²) in [7, 11) is 0. The van der Waals surface area contributed by atoms with Gasteiger partial charge < -0.3 is 15.5 Å². The third-order valence-corrected chi connectivity index (χ3v) is 3.01. The predicted molar refractivity (Wildman–Crippen MR) is 73.8 cm³/mol. The van der Waals surface area contributed by atoms with Crippen molar-refractivity contribution in [3.05, 3.63) is 58.4 Å². The maximum absolute atomic E-state index is 13.2. The second-order valence-corrected chi connectivity index (χ2v) is 4.55. The Kier molecular flexibility index (Phi) is 4.10. The van der Waals surface area contributed by atoms with Crippen molar-refractivity contribution in [3.8, 4) is 5.75 Å². The molecule has 0 aliphatic rings. The van der Waals surface area contributed by atoms with Gasteiger partial charge in [-0.15, -0.1) is 0 Å². The summed E-state index contributed by atoms with van der Waals surface area (Å²) in [5.41, 5.74) is 0.890. The van der Waals surface area contributed by atoms with Crippen LogP contribution >= 0.6 is 11.6 Å². The highest BCUT2D eigenvalue weighted by molar-refractivity contribution is 6.32. The average molecular weight is 296 g/mol. The molecule has 0 aromatic heterocycles. The summed E-state index contributed by atoms with van der Waals surface area (Å²) >= 11 is 5.78. The Bertz CT molecular complexity index is 661. The Labute approximate surface area is 119 Å². The number of carbonyl (C=O) groups is 1. The summed E-state index contributed by atoms with van der Waals surface area (Å²) in [5, 5.41) is 21.3. The fourth-order valence-electron chi connectivity index (χ4n) is 1.66. The fraction of sp³-hybridized carbons (Fsp3) is 0.0714. The minimum atomic E-state index is -1.32. The summed E-state index contributed by atoms with van der Waals surface area (Å²) in [6, 6.07) is 8.49. The molecule has 0 spiro atoms. The van der Waals surface area contributed by atoms with E-state index in [0.29, 0.717) is 12.2 Å². The molecule has 0 aliphatic heterocycles. The lowest BCUT2D eigenvalue weighted by atomic mass is 10.1. The molecule has 0 atom stereocenters. The van der Waals surface area contributed by atoms with Crippen molar-refractivity contribution in [2.24, 2.45) is 0 Å². The number of anilines is 1. The molecule has 0 radical (unpaired) electrons. The Morgan fingerprint density at radius 1 is 1.25 bits per heavy atom. The summed E-state index contributed by atoms with van der Waals surface area (Å²) in [6.45, 7) is 0.366. The third-order valence-electron chi connectivity index (χ3n) is 2.71. The summed E-state index contributed by atoms with van der Waals surface area (Å²) in [6.07, 6.45) is 0. The first-order chi connectivity index (χ1) is 9.47. The van der Waals surface area contributed by atoms with Crippen molar-refractivity contribution >= 4 is 23.3 Å². The van der Waals surface area contributed by atoms with Crippen LogP contribution in [0.1, 0.15) is 15.9 Å². The number of halogens is 2. The van der Waals surface area contributed by atoms with E-state index >= 15 is 0 Å². The first kappa shape index (κ1) is 14.1. The Morgan fingerprint density at radius 2 is 2.00 bits per heavy atom. The second kappa shape index (κ2) is 5.79. The van der Waals surface area contributed by atoms with E-state index in [9.17, 15) is 14.3 Å². The zero-order valence-electron chi connectivity index (χ0n) is 10.2. The van der Waals surface area contributed by atoms with Crippen LogP contribution in [0.4, 0.5) is 10.1 Å². The average Bonchev–Trinajstić information content (AvgIpc) is 2.41. The lowest BCUT2D eigenvalue weighted by Crippen LogP contribution is -2.04. The Hall–Kier alpha value is -2.27. The van der Waals surface area contributed by atoms with Crippen molar-refractivity contribution in [2.75, 3.05) is 5.32 Å². The van der Waals surface area contributed by atoms with E-state index in [-0.39, 0.29) is 10.8 Å². The van der Waals surface area contributed by atoms with E-state index in [4.69, 9.17) is 16.7 Å². The molecule has 104 valence electrons. The predicted octanol–water partition coefficient (Wildman–Crippen LogP) is 3.50. The summed E-state index contributed by atoms with van der Waals surface area (Å²) in [5.74, 6) is -2.11. The van der Waals surface area contributed by atoms with Crippen LogP contribution in [0, 0.1) is 5.82 Å². The molecule has 0 aliphatic carbocycles. The molecule has 2 rings (SSSR count). The number of benzene rings is 2. The fourth-order valence-corrected chi connectivity index (χ4v) is 1.87. The molecule has 3 N–H and O–H groups in total. The highest BCUT2D eigenvalue weighted by Gasteiger charge is 2.10. The van der Waals surface area contributed by atoms with Gasteiger partial charge in [0.2, 0.25) is 0 Å². The second-order valence-electron chi connectivity index (χ2n) is 4.14. The lowest BCUT2D eigenvalue weighted by Gasteiger charge is -2.08. The number of hydrogen-bond acceptors (Lipinski definition) is 3. The molecule has 0 saturated carbocycles. The number of hydrogen-bond donors (Lipinski definition) is 3. The largest absolute Gasteiger partial charge is 0.506 e. The highest BCUT2D eigenvalue weighted by Crippen LogP contribution is 2.24. The maximum atomic E-state index is 13.2. The van der Waals surface area contributed by atoms with Gasteiger partial charge in [-0.25, -0.2) is 9.18 Å². The molecule has 0 unspecified atom stereocenters. The van der Waals surface area contributed by atoms with Gasteiger partial charge in [0.25, 0.3) is 0 Å². The van der Waals surface area contributed by atoms with Gasteiger partial charge in [-0.1, -0.05) is 17.7 Å². The maximum Gasteiger partial charge on any atom is 0.338 e. The van der Waals surface area contributed by atoms with Gasteiger partial charge in [-0.05, 0) is 35.9 Å². The van der Waals surface area contributed by atoms with Crippen LogP contribution in [-0.2, 0) is 6.54 Å². The van der Waals surface area contributed by atoms with E-state index in [1.54, 1.807) is 12.1 Å². The SMILES string of the molecule is O=C(O)c1cc(NCc2ccc(O)c(Cl)c2)ccc1F. The van der Waals surface area contributed by atoms with Crippen molar-refractivity contribution in [2.45, 2.75) is 6.54 Å². The summed E-state index contributed by atoms with van der Waals surface area (Å²) < 4.78 is 13.2. The van der Waals surface area contributed by atoms with Gasteiger partial charge in [0, 0.05) is 12.2 Å². The van der Waals surface area contributed by atoms with E-state index in [1.165, 1.54) is 18.2 Å². The molecule has 2 aromatic rings. The first-order valence-corrected chi connectivity index (χ1v) is 6.09. The van der Waals surface area contributed by atoms with Crippen LogP contribution in [0.15, 0.2) is 36.4 Å². The van der Waals surface area contributed by atoms with Gasteiger partial charge in [0.15, 0.2) is 0 Å². The standard InChI is InChI=1S/C14H11ClFNO3/c15-11-5-8(1-4-13(11)18)7-17-9-2-3-12(16)10(6-9)14(19)20/h1-6,17-18H,7H2,(H,19,20). The van der Waals surface area contributed by atoms with Gasteiger partial charge >= 0.3 is 5.97 Å². The lowest BCUT2D eigenvalue weighted by molar-refractivity contribution is 0.0692. The number of aromatic carboxylic acids is 1. The third kappa shape index (κ3) is 3.19. The number of rotatable bonds is 4. The van der Waals surface area contributed by atoms with Crippen LogP contribution in [-0.4, -0.2) is 16.2 Å². The smallest absolute Gasteiger partial charge is 0.338 e. The van der Waals surface area contributed by atoms with Crippen LogP contribution in [0.25, 0.3) is 0 Å². The topological polar surface area (TPSA) is 69.6 Å². The molecule has 20 heavy (non-hydrogen) atoms.